The van der Waals surface area contributed by atoms with Gasteiger partial charge in [-0.2, -0.15) is 5.10 Å². The number of likely N-dealkylation sites (tertiary alicyclic amines) is 1. The lowest BCUT2D eigenvalue weighted by molar-refractivity contribution is 0.325. The summed E-state index contributed by atoms with van der Waals surface area (Å²) < 4.78 is 28.0. The highest BCUT2D eigenvalue weighted by Gasteiger charge is 2.50. The molecule has 1 saturated heterocycles. The molecular formula is C21H20ClN3O2S. The molecule has 0 amide bonds. The summed E-state index contributed by atoms with van der Waals surface area (Å²) in [4.78, 5) is 2.70. The first-order chi connectivity index (χ1) is 13.4. The number of benzene rings is 2. The van der Waals surface area contributed by atoms with Crippen molar-refractivity contribution in [2.24, 2.45) is 7.05 Å². The van der Waals surface area contributed by atoms with E-state index in [9.17, 15) is 8.42 Å². The Morgan fingerprint density at radius 2 is 1.96 bits per heavy atom. The van der Waals surface area contributed by atoms with Crippen molar-refractivity contribution in [3.05, 3.63) is 71.0 Å². The van der Waals surface area contributed by atoms with Gasteiger partial charge >= 0.3 is 0 Å². The fraction of sp³-hybridized carbons (Fsp3) is 0.286. The largest absolute Gasteiger partial charge is 0.297 e. The molecule has 2 aliphatic heterocycles. The summed E-state index contributed by atoms with van der Waals surface area (Å²) in [5, 5.41) is 4.57. The van der Waals surface area contributed by atoms with Crippen molar-refractivity contribution >= 4 is 21.4 Å². The van der Waals surface area contributed by atoms with Crippen LogP contribution in [0.5, 0.6) is 0 Å². The summed E-state index contributed by atoms with van der Waals surface area (Å²) in [6.45, 7) is 1.92. The lowest BCUT2D eigenvalue weighted by Gasteiger charge is -2.18. The Morgan fingerprint density at radius 3 is 2.71 bits per heavy atom. The number of sulfone groups is 1. The van der Waals surface area contributed by atoms with E-state index in [1.54, 1.807) is 16.9 Å². The number of nitrogens with zero attached hydrogens (tertiary/aromatic N) is 3. The Balaban J connectivity index is 1.48. The van der Waals surface area contributed by atoms with E-state index in [1.807, 2.05) is 49.6 Å². The van der Waals surface area contributed by atoms with Crippen molar-refractivity contribution in [1.82, 2.24) is 14.7 Å². The second kappa shape index (κ2) is 6.44. The number of aryl methyl sites for hydroxylation is 1. The Hall–Kier alpha value is -2.15. The first kappa shape index (κ1) is 17.9. The average molecular weight is 414 g/mol. The van der Waals surface area contributed by atoms with Crippen LogP contribution in [0.2, 0.25) is 5.02 Å². The Kier molecular flexibility index (Phi) is 4.12. The molecule has 28 heavy (non-hydrogen) atoms. The molecule has 0 spiro atoms. The molecule has 2 aromatic carbocycles. The van der Waals surface area contributed by atoms with Gasteiger partial charge in [0.1, 0.15) is 0 Å². The van der Waals surface area contributed by atoms with Gasteiger partial charge in [0, 0.05) is 49.4 Å². The molecule has 5 rings (SSSR count). The topological polar surface area (TPSA) is 55.2 Å². The minimum absolute atomic E-state index is 0.000825. The van der Waals surface area contributed by atoms with Crippen molar-refractivity contribution in [1.29, 1.82) is 0 Å². The van der Waals surface area contributed by atoms with Gasteiger partial charge in [-0.05, 0) is 34.9 Å². The van der Waals surface area contributed by atoms with Crippen LogP contribution in [-0.2, 0) is 23.4 Å². The van der Waals surface area contributed by atoms with E-state index in [1.165, 1.54) is 0 Å². The van der Waals surface area contributed by atoms with Crippen molar-refractivity contribution in [2.45, 2.75) is 22.6 Å². The molecule has 1 aromatic heterocycles. The van der Waals surface area contributed by atoms with E-state index < -0.39 is 9.84 Å². The van der Waals surface area contributed by atoms with Gasteiger partial charge in [0.05, 0.1) is 16.3 Å². The maximum atomic E-state index is 13.1. The van der Waals surface area contributed by atoms with E-state index in [0.717, 1.165) is 33.8 Å². The molecule has 5 nitrogen and oxygen atoms in total. The van der Waals surface area contributed by atoms with Crippen LogP contribution in [0.3, 0.4) is 0 Å². The van der Waals surface area contributed by atoms with Crippen molar-refractivity contribution in [3.8, 4) is 11.1 Å². The predicted molar refractivity (Wildman–Crippen MR) is 109 cm³/mol. The van der Waals surface area contributed by atoms with Crippen LogP contribution in [0.4, 0.5) is 0 Å². The van der Waals surface area contributed by atoms with Crippen molar-refractivity contribution in [2.75, 3.05) is 13.1 Å². The molecule has 2 aliphatic rings. The summed E-state index contributed by atoms with van der Waals surface area (Å²) in [6.07, 6.45) is 3.75. The highest BCUT2D eigenvalue weighted by Crippen LogP contribution is 2.46. The average Bonchev–Trinajstić information content (AvgIpc) is 3.34. The Morgan fingerprint density at radius 1 is 1.14 bits per heavy atom. The Bertz CT molecular complexity index is 1170. The van der Waals surface area contributed by atoms with Gasteiger partial charge < -0.3 is 0 Å². The van der Waals surface area contributed by atoms with Gasteiger partial charge in [-0.15, -0.1) is 0 Å². The molecule has 0 bridgehead atoms. The number of hydrogen-bond acceptors (Lipinski definition) is 4. The number of aromatic nitrogens is 2. The zero-order valence-corrected chi connectivity index (χ0v) is 17.0. The van der Waals surface area contributed by atoms with Gasteiger partial charge in [-0.3, -0.25) is 9.58 Å². The summed E-state index contributed by atoms with van der Waals surface area (Å²) in [5.74, 6) is -0.000825. The van der Waals surface area contributed by atoms with Crippen LogP contribution in [0.15, 0.2) is 59.8 Å². The first-order valence-corrected chi connectivity index (χ1v) is 11.2. The van der Waals surface area contributed by atoms with Crippen LogP contribution >= 0.6 is 11.6 Å². The molecule has 0 unspecified atom stereocenters. The zero-order chi connectivity index (χ0) is 19.5. The first-order valence-electron chi connectivity index (χ1n) is 9.26. The third-order valence-corrected chi connectivity index (χ3v) is 8.47. The number of hydrogen-bond donors (Lipinski definition) is 0. The maximum Gasteiger partial charge on any atom is 0.183 e. The molecule has 0 aliphatic carbocycles. The third-order valence-electron chi connectivity index (χ3n) is 5.85. The normalized spacial score (nSPS) is 22.9. The van der Waals surface area contributed by atoms with E-state index in [-0.39, 0.29) is 11.2 Å². The maximum absolute atomic E-state index is 13.1. The SMILES string of the molecule is Cn1cc(-c2ccc3c(c2)[C@H]2CN(Cc4ccccc4Cl)C[C@@H]2S3(=O)=O)cn1. The van der Waals surface area contributed by atoms with E-state index in [4.69, 9.17) is 11.6 Å². The second-order valence-corrected chi connectivity index (χ2v) is 10.2. The van der Waals surface area contributed by atoms with Gasteiger partial charge in [0.25, 0.3) is 0 Å². The molecular weight excluding hydrogens is 394 g/mol. The van der Waals surface area contributed by atoms with Crippen molar-refractivity contribution in [3.63, 3.8) is 0 Å². The third kappa shape index (κ3) is 2.79. The summed E-state index contributed by atoms with van der Waals surface area (Å²) in [6, 6.07) is 13.4. The Labute approximate surface area is 169 Å². The van der Waals surface area contributed by atoms with Crippen molar-refractivity contribution < 1.29 is 8.42 Å². The minimum atomic E-state index is -3.31. The van der Waals surface area contributed by atoms with E-state index in [2.05, 4.69) is 10.00 Å². The monoisotopic (exact) mass is 413 g/mol. The molecule has 2 atom stereocenters. The van der Waals surface area contributed by atoms with E-state index >= 15 is 0 Å². The molecule has 7 heteroatoms. The quantitative estimate of drug-likeness (QED) is 0.659. The summed E-state index contributed by atoms with van der Waals surface area (Å²) >= 11 is 6.30. The standard InChI is InChI=1S/C21H20ClN3O2S/c1-24-10-16(9-23-24)14-6-7-20-17(8-14)18-12-25(13-21(18)28(20,26)27)11-15-4-2-3-5-19(15)22/h2-10,18,21H,11-13H2,1H3/t18-,21+/m1/s1. The molecule has 144 valence electrons. The van der Waals surface area contributed by atoms with Crippen LogP contribution in [-0.4, -0.2) is 41.4 Å². The van der Waals surface area contributed by atoms with E-state index in [0.29, 0.717) is 18.0 Å². The molecule has 0 radical (unpaired) electrons. The predicted octanol–water partition coefficient (Wildman–Crippen LogP) is 3.50. The van der Waals surface area contributed by atoms with Crippen LogP contribution < -0.4 is 0 Å². The molecule has 0 saturated carbocycles. The van der Waals surface area contributed by atoms with Crippen LogP contribution in [0.1, 0.15) is 17.0 Å². The minimum Gasteiger partial charge on any atom is -0.297 e. The fourth-order valence-corrected chi connectivity index (χ4v) is 6.86. The highest BCUT2D eigenvalue weighted by atomic mass is 35.5. The zero-order valence-electron chi connectivity index (χ0n) is 15.4. The second-order valence-electron chi connectivity index (χ2n) is 7.63. The fourth-order valence-electron chi connectivity index (χ4n) is 4.47. The van der Waals surface area contributed by atoms with Gasteiger partial charge in [-0.1, -0.05) is 35.9 Å². The number of rotatable bonds is 3. The van der Waals surface area contributed by atoms with Gasteiger partial charge in [-0.25, -0.2) is 8.42 Å². The highest BCUT2D eigenvalue weighted by molar-refractivity contribution is 7.92. The molecule has 3 aromatic rings. The summed E-state index contributed by atoms with van der Waals surface area (Å²) in [7, 11) is -1.43. The number of fused-ring (bicyclic) bond motifs is 3. The lowest BCUT2D eigenvalue weighted by atomic mass is 9.95. The smallest absolute Gasteiger partial charge is 0.183 e. The van der Waals surface area contributed by atoms with Crippen LogP contribution in [0.25, 0.3) is 11.1 Å². The summed E-state index contributed by atoms with van der Waals surface area (Å²) in [5.41, 5.74) is 3.98. The number of halogens is 1. The molecule has 3 heterocycles. The van der Waals surface area contributed by atoms with Crippen LogP contribution in [0, 0.1) is 0 Å². The molecule has 0 N–H and O–H groups in total. The lowest BCUT2D eigenvalue weighted by Crippen LogP contribution is -2.26. The van der Waals surface area contributed by atoms with Gasteiger partial charge in [0.2, 0.25) is 0 Å². The van der Waals surface area contributed by atoms with Gasteiger partial charge in [0.15, 0.2) is 9.84 Å². The molecule has 1 fully saturated rings.